The van der Waals surface area contributed by atoms with Crippen LogP contribution < -0.4 is 28.4 Å². The number of hydrogen-bond donors (Lipinski definition) is 0. The summed E-state index contributed by atoms with van der Waals surface area (Å²) < 4.78 is 44.1. The number of ether oxygens (including phenoxy) is 7. The van der Waals surface area contributed by atoms with Crippen LogP contribution in [-0.4, -0.2) is 71.5 Å². The molecule has 0 unspecified atom stereocenters. The quantitative estimate of drug-likeness (QED) is 0.138. The second-order valence-corrected chi connectivity index (χ2v) is 14.6. The second-order valence-electron chi connectivity index (χ2n) is 14.6. The molecule has 5 aromatic rings. The molecule has 0 N–H and O–H groups in total. The summed E-state index contributed by atoms with van der Waals surface area (Å²) in [6.07, 6.45) is 3.33. The molecule has 286 valence electrons. The number of fused-ring (bicyclic) bond motifs is 2. The minimum atomic E-state index is -0.0605. The van der Waals surface area contributed by atoms with Crippen molar-refractivity contribution in [1.29, 1.82) is 0 Å². The van der Waals surface area contributed by atoms with E-state index >= 15 is 0 Å². The fourth-order valence-electron chi connectivity index (χ4n) is 8.37. The first-order valence-corrected chi connectivity index (χ1v) is 19.1. The van der Waals surface area contributed by atoms with E-state index in [1.807, 2.05) is 36.4 Å². The lowest BCUT2D eigenvalue weighted by Gasteiger charge is -2.38. The van der Waals surface area contributed by atoms with E-state index in [0.29, 0.717) is 55.0 Å². The normalized spacial score (nSPS) is 17.9. The van der Waals surface area contributed by atoms with Crippen LogP contribution in [0, 0.1) is 0 Å². The van der Waals surface area contributed by atoms with E-state index in [-0.39, 0.29) is 12.1 Å². The number of benzene rings is 5. The summed E-state index contributed by atoms with van der Waals surface area (Å²) in [6, 6.07) is 31.1. The molecule has 9 rings (SSSR count). The molecule has 0 aliphatic carbocycles. The van der Waals surface area contributed by atoms with E-state index in [2.05, 4.69) is 78.5 Å². The van der Waals surface area contributed by atoms with Crippen LogP contribution in [0.2, 0.25) is 0 Å². The molecule has 6 bridgehead atoms. The first-order valence-electron chi connectivity index (χ1n) is 19.1. The van der Waals surface area contributed by atoms with Crippen LogP contribution >= 0.6 is 0 Å². The largest absolute Gasteiger partial charge is 0.493 e. The van der Waals surface area contributed by atoms with E-state index in [4.69, 9.17) is 33.2 Å². The summed E-state index contributed by atoms with van der Waals surface area (Å²) in [6.45, 7) is 3.01. The fourth-order valence-corrected chi connectivity index (χ4v) is 8.37. The Morgan fingerprint density at radius 2 is 1.40 bits per heavy atom. The first-order chi connectivity index (χ1) is 26.9. The molecule has 0 saturated heterocycles. The highest BCUT2D eigenvalue weighted by Gasteiger charge is 2.36. The van der Waals surface area contributed by atoms with Gasteiger partial charge in [-0.2, -0.15) is 0 Å². The van der Waals surface area contributed by atoms with Gasteiger partial charge in [-0.3, -0.25) is 9.80 Å². The highest BCUT2D eigenvalue weighted by atomic mass is 16.5. The van der Waals surface area contributed by atoms with E-state index in [1.165, 1.54) is 16.7 Å². The molecule has 0 fully saturated rings. The summed E-state index contributed by atoms with van der Waals surface area (Å²) in [5.74, 6) is 5.57. The van der Waals surface area contributed by atoms with Gasteiger partial charge in [-0.1, -0.05) is 42.5 Å². The Balaban J connectivity index is 1.25. The SMILES string of the molecule is COc1ccc2cc1Oc1ccc(cc1)C[C@H]1c3cc(ccc3CCN1C)Oc1c(OC)c(OC)c(COCCOc3ccccc3)c3c1[C@H](C2)N(C)CC3. The van der Waals surface area contributed by atoms with Crippen LogP contribution in [0.4, 0.5) is 0 Å². The van der Waals surface area contributed by atoms with Gasteiger partial charge in [0, 0.05) is 36.3 Å². The topological polar surface area (TPSA) is 71.1 Å². The monoisotopic (exact) mass is 742 g/mol. The van der Waals surface area contributed by atoms with Gasteiger partial charge in [0.2, 0.25) is 5.75 Å². The summed E-state index contributed by atoms with van der Waals surface area (Å²) >= 11 is 0. The summed E-state index contributed by atoms with van der Waals surface area (Å²) in [4.78, 5) is 4.85. The van der Waals surface area contributed by atoms with Crippen molar-refractivity contribution in [1.82, 2.24) is 9.80 Å². The molecule has 4 aliphatic heterocycles. The van der Waals surface area contributed by atoms with Crippen LogP contribution in [0.5, 0.6) is 46.0 Å². The molecule has 2 atom stereocenters. The molecular formula is C46H50N2O7. The predicted octanol–water partition coefficient (Wildman–Crippen LogP) is 8.75. The molecule has 55 heavy (non-hydrogen) atoms. The number of nitrogens with zero attached hydrogens (tertiary/aromatic N) is 2. The zero-order valence-electron chi connectivity index (χ0n) is 32.4. The zero-order valence-corrected chi connectivity index (χ0v) is 32.4. The van der Waals surface area contributed by atoms with Gasteiger partial charge in [0.15, 0.2) is 23.0 Å². The number of methoxy groups -OCH3 is 3. The molecule has 0 spiro atoms. The Morgan fingerprint density at radius 1 is 0.673 bits per heavy atom. The summed E-state index contributed by atoms with van der Waals surface area (Å²) in [5, 5.41) is 0. The predicted molar refractivity (Wildman–Crippen MR) is 213 cm³/mol. The third-order valence-corrected chi connectivity index (χ3v) is 11.3. The van der Waals surface area contributed by atoms with Gasteiger partial charge in [-0.05, 0) is 116 Å². The van der Waals surface area contributed by atoms with Crippen molar-refractivity contribution in [3.8, 4) is 46.0 Å². The Labute approximate surface area is 324 Å². The van der Waals surface area contributed by atoms with Crippen LogP contribution in [0.3, 0.4) is 0 Å². The first kappa shape index (κ1) is 36.7. The van der Waals surface area contributed by atoms with Crippen molar-refractivity contribution in [2.24, 2.45) is 0 Å². The summed E-state index contributed by atoms with van der Waals surface area (Å²) in [5.41, 5.74) is 8.18. The van der Waals surface area contributed by atoms with Crippen molar-refractivity contribution in [2.75, 3.05) is 61.7 Å². The minimum Gasteiger partial charge on any atom is -0.493 e. The molecule has 4 aliphatic rings. The maximum atomic E-state index is 7.12. The Bertz CT molecular complexity index is 2120. The van der Waals surface area contributed by atoms with Crippen LogP contribution in [0.15, 0.2) is 91.0 Å². The minimum absolute atomic E-state index is 0.0605. The average molecular weight is 743 g/mol. The van der Waals surface area contributed by atoms with Gasteiger partial charge in [0.25, 0.3) is 0 Å². The Morgan fingerprint density at radius 3 is 2.18 bits per heavy atom. The number of rotatable bonds is 9. The lowest BCUT2D eigenvalue weighted by atomic mass is 9.84. The molecule has 5 aromatic carbocycles. The molecule has 0 amide bonds. The van der Waals surface area contributed by atoms with E-state index in [0.717, 1.165) is 71.9 Å². The highest BCUT2D eigenvalue weighted by molar-refractivity contribution is 5.66. The molecule has 0 aromatic heterocycles. The number of likely N-dealkylation sites (N-methyl/N-ethyl adjacent to an activating group) is 2. The smallest absolute Gasteiger partial charge is 0.204 e. The lowest BCUT2D eigenvalue weighted by molar-refractivity contribution is 0.0862. The van der Waals surface area contributed by atoms with Crippen molar-refractivity contribution in [2.45, 2.75) is 44.4 Å². The molecular weight excluding hydrogens is 693 g/mol. The molecule has 9 heteroatoms. The van der Waals surface area contributed by atoms with Crippen molar-refractivity contribution in [3.63, 3.8) is 0 Å². The van der Waals surface area contributed by atoms with Crippen molar-refractivity contribution in [3.05, 3.63) is 130 Å². The summed E-state index contributed by atoms with van der Waals surface area (Å²) in [7, 11) is 9.45. The van der Waals surface area contributed by atoms with E-state index < -0.39 is 0 Å². The van der Waals surface area contributed by atoms with Gasteiger partial charge in [0.1, 0.15) is 23.9 Å². The molecule has 4 heterocycles. The van der Waals surface area contributed by atoms with Gasteiger partial charge in [-0.15, -0.1) is 0 Å². The molecule has 0 saturated carbocycles. The average Bonchev–Trinajstić information content (AvgIpc) is 3.21. The van der Waals surface area contributed by atoms with Crippen LogP contribution in [0.1, 0.15) is 51.0 Å². The Kier molecular flexibility index (Phi) is 10.9. The number of para-hydroxylation sites is 1. The van der Waals surface area contributed by atoms with Crippen LogP contribution in [0.25, 0.3) is 0 Å². The number of hydrogen-bond acceptors (Lipinski definition) is 9. The standard InChI is InChI=1S/C46H50N2O7/c1-47-21-19-32-14-17-35-28-37(32)39(47)25-30-11-15-34(16-12-30)54-42-27-31(13-18-41(42)49-3)26-40-43-36(20-22-48(40)2)38(44(50-4)46(51-5)45(43)55-35)29-52-23-24-53-33-9-7-6-8-10-33/h6-18,27-28,39-40H,19-26,29H2,1-5H3/t39-,40-/m0/s1. The Hall–Kier alpha value is -5.22. The van der Waals surface area contributed by atoms with Crippen LogP contribution in [-0.2, 0) is 37.0 Å². The molecule has 0 radical (unpaired) electrons. The highest BCUT2D eigenvalue weighted by Crippen LogP contribution is 2.53. The lowest BCUT2D eigenvalue weighted by Crippen LogP contribution is -2.35. The zero-order chi connectivity index (χ0) is 37.9. The molecule has 9 nitrogen and oxygen atoms in total. The maximum absolute atomic E-state index is 7.12. The van der Waals surface area contributed by atoms with Gasteiger partial charge < -0.3 is 33.2 Å². The van der Waals surface area contributed by atoms with Gasteiger partial charge >= 0.3 is 0 Å². The van der Waals surface area contributed by atoms with Gasteiger partial charge in [-0.25, -0.2) is 0 Å². The third kappa shape index (κ3) is 7.57. The second kappa shape index (κ2) is 16.3. The van der Waals surface area contributed by atoms with Crippen molar-refractivity contribution >= 4 is 0 Å². The third-order valence-electron chi connectivity index (χ3n) is 11.3. The van der Waals surface area contributed by atoms with E-state index in [9.17, 15) is 0 Å². The van der Waals surface area contributed by atoms with Gasteiger partial charge in [0.05, 0.1) is 34.5 Å². The van der Waals surface area contributed by atoms with Crippen molar-refractivity contribution < 1.29 is 33.2 Å². The van der Waals surface area contributed by atoms with E-state index in [1.54, 1.807) is 21.3 Å². The maximum Gasteiger partial charge on any atom is 0.204 e. The fraction of sp³-hybridized carbons (Fsp3) is 0.348.